The Morgan fingerprint density at radius 3 is 2.67 bits per heavy atom. The van der Waals surface area contributed by atoms with Gasteiger partial charge in [-0.2, -0.15) is 0 Å². The topological polar surface area (TPSA) is 110 Å². The van der Waals surface area contributed by atoms with Crippen molar-refractivity contribution in [3.8, 4) is 5.75 Å². The minimum atomic E-state index is -3.07. The van der Waals surface area contributed by atoms with Crippen molar-refractivity contribution in [2.75, 3.05) is 23.9 Å². The normalized spacial score (nSPS) is 10.9. The van der Waals surface area contributed by atoms with Gasteiger partial charge < -0.3 is 15.2 Å². The maximum Gasteiger partial charge on any atom is 0.341 e. The Kier molecular flexibility index (Phi) is 6.16. The molecule has 1 rings (SSSR count). The van der Waals surface area contributed by atoms with Crippen LogP contribution in [0.4, 0.5) is 5.69 Å². The molecular formula is C13H17NO6S. The number of hydrogen-bond acceptors (Lipinski definition) is 5. The Labute approximate surface area is 122 Å². The molecule has 7 nitrogen and oxygen atoms in total. The number of carboxylic acids is 1. The van der Waals surface area contributed by atoms with Gasteiger partial charge >= 0.3 is 5.97 Å². The number of rotatable bonds is 8. The van der Waals surface area contributed by atoms with Gasteiger partial charge in [0, 0.05) is 24.4 Å². The Balaban J connectivity index is 2.48. The summed E-state index contributed by atoms with van der Waals surface area (Å²) in [5, 5.41) is 11.1. The highest BCUT2D eigenvalue weighted by Crippen LogP contribution is 2.17. The van der Waals surface area contributed by atoms with Gasteiger partial charge in [-0.15, -0.1) is 0 Å². The number of sulfone groups is 1. The Morgan fingerprint density at radius 1 is 1.33 bits per heavy atom. The SMILES string of the molecule is CS(=O)(=O)CCCC(=O)Nc1cccc(OCC(=O)O)c1. The predicted molar refractivity (Wildman–Crippen MR) is 77.1 cm³/mol. The fraction of sp³-hybridized carbons (Fsp3) is 0.385. The molecule has 0 saturated heterocycles. The molecule has 0 spiro atoms. The van der Waals surface area contributed by atoms with Crippen LogP contribution in [0.3, 0.4) is 0 Å². The summed E-state index contributed by atoms with van der Waals surface area (Å²) in [6.07, 6.45) is 1.46. The maximum absolute atomic E-state index is 11.6. The first-order chi connectivity index (χ1) is 9.76. The summed E-state index contributed by atoms with van der Waals surface area (Å²) < 4.78 is 26.9. The summed E-state index contributed by atoms with van der Waals surface area (Å²) in [5.41, 5.74) is 0.460. The van der Waals surface area contributed by atoms with Crippen LogP contribution in [0.5, 0.6) is 5.75 Å². The van der Waals surface area contributed by atoms with E-state index in [4.69, 9.17) is 9.84 Å². The molecule has 8 heteroatoms. The Morgan fingerprint density at radius 2 is 2.05 bits per heavy atom. The van der Waals surface area contributed by atoms with Crippen molar-refractivity contribution >= 4 is 27.4 Å². The number of hydrogen-bond donors (Lipinski definition) is 2. The van der Waals surface area contributed by atoms with E-state index in [-0.39, 0.29) is 24.5 Å². The average molecular weight is 315 g/mol. The van der Waals surface area contributed by atoms with Gasteiger partial charge in [0.05, 0.1) is 5.75 Å². The molecule has 21 heavy (non-hydrogen) atoms. The molecule has 0 unspecified atom stereocenters. The van der Waals surface area contributed by atoms with Crippen LogP contribution in [0.1, 0.15) is 12.8 Å². The van der Waals surface area contributed by atoms with E-state index in [1.807, 2.05) is 0 Å². The molecule has 116 valence electrons. The molecular weight excluding hydrogens is 298 g/mol. The number of benzene rings is 1. The van der Waals surface area contributed by atoms with Crippen LogP contribution in [0.15, 0.2) is 24.3 Å². The van der Waals surface area contributed by atoms with Crippen molar-refractivity contribution in [3.05, 3.63) is 24.3 Å². The van der Waals surface area contributed by atoms with E-state index in [9.17, 15) is 18.0 Å². The van der Waals surface area contributed by atoms with Gasteiger partial charge in [-0.3, -0.25) is 4.79 Å². The van der Waals surface area contributed by atoms with E-state index in [2.05, 4.69) is 5.32 Å². The zero-order valence-corrected chi connectivity index (χ0v) is 12.4. The number of nitrogens with one attached hydrogen (secondary N) is 1. The summed E-state index contributed by atoms with van der Waals surface area (Å²) >= 11 is 0. The third kappa shape index (κ3) is 7.93. The molecule has 0 bridgehead atoms. The first kappa shape index (κ1) is 17.0. The van der Waals surface area contributed by atoms with E-state index >= 15 is 0 Å². The Hall–Kier alpha value is -2.09. The lowest BCUT2D eigenvalue weighted by molar-refractivity contribution is -0.139. The van der Waals surface area contributed by atoms with Crippen molar-refractivity contribution < 1.29 is 27.9 Å². The number of ether oxygens (including phenoxy) is 1. The van der Waals surface area contributed by atoms with E-state index in [0.717, 1.165) is 6.26 Å². The quantitative estimate of drug-likeness (QED) is 0.738. The number of anilines is 1. The molecule has 0 aliphatic rings. The minimum Gasteiger partial charge on any atom is -0.482 e. The number of carboxylic acid groups (broad SMARTS) is 1. The van der Waals surface area contributed by atoms with Crippen molar-refractivity contribution in [3.63, 3.8) is 0 Å². The highest BCUT2D eigenvalue weighted by Gasteiger charge is 2.07. The molecule has 0 aromatic heterocycles. The van der Waals surface area contributed by atoms with Gasteiger partial charge in [-0.05, 0) is 18.6 Å². The molecule has 1 aromatic rings. The first-order valence-electron chi connectivity index (χ1n) is 6.18. The predicted octanol–water partition coefficient (Wildman–Crippen LogP) is 0.913. The van der Waals surface area contributed by atoms with Crippen molar-refractivity contribution in [2.24, 2.45) is 0 Å². The van der Waals surface area contributed by atoms with Gasteiger partial charge in [0.25, 0.3) is 0 Å². The van der Waals surface area contributed by atoms with Crippen LogP contribution in [-0.2, 0) is 19.4 Å². The smallest absolute Gasteiger partial charge is 0.341 e. The lowest BCUT2D eigenvalue weighted by Crippen LogP contribution is -2.14. The number of aliphatic carboxylic acids is 1. The zero-order valence-electron chi connectivity index (χ0n) is 11.5. The van der Waals surface area contributed by atoms with Crippen LogP contribution in [-0.4, -0.2) is 44.0 Å². The second-order valence-corrected chi connectivity index (χ2v) is 6.75. The second kappa shape index (κ2) is 7.63. The minimum absolute atomic E-state index is 0.0395. The van der Waals surface area contributed by atoms with E-state index in [1.54, 1.807) is 18.2 Å². The molecule has 1 amide bonds. The lowest BCUT2D eigenvalue weighted by Gasteiger charge is -2.08. The van der Waals surface area contributed by atoms with Crippen molar-refractivity contribution in [1.29, 1.82) is 0 Å². The van der Waals surface area contributed by atoms with Crippen molar-refractivity contribution in [2.45, 2.75) is 12.8 Å². The number of carbonyl (C=O) groups is 2. The zero-order chi connectivity index (χ0) is 15.9. The molecule has 0 radical (unpaired) electrons. The molecule has 0 fully saturated rings. The highest BCUT2D eigenvalue weighted by molar-refractivity contribution is 7.90. The van der Waals surface area contributed by atoms with Gasteiger partial charge in [0.1, 0.15) is 15.6 Å². The largest absolute Gasteiger partial charge is 0.482 e. The van der Waals surface area contributed by atoms with Crippen LogP contribution in [0.25, 0.3) is 0 Å². The standard InChI is InChI=1S/C13H17NO6S/c1-21(18,19)7-3-6-12(15)14-10-4-2-5-11(8-10)20-9-13(16)17/h2,4-5,8H,3,6-7,9H2,1H3,(H,14,15)(H,16,17). The highest BCUT2D eigenvalue weighted by atomic mass is 32.2. The Bertz CT molecular complexity index is 611. The average Bonchev–Trinajstić information content (AvgIpc) is 2.35. The molecule has 0 aliphatic heterocycles. The summed E-state index contributed by atoms with van der Waals surface area (Å²) in [7, 11) is -3.07. The second-order valence-electron chi connectivity index (χ2n) is 4.49. The van der Waals surface area contributed by atoms with Gasteiger partial charge in [-0.25, -0.2) is 13.2 Å². The van der Waals surface area contributed by atoms with Crippen LogP contribution in [0.2, 0.25) is 0 Å². The molecule has 0 aliphatic carbocycles. The van der Waals surface area contributed by atoms with Gasteiger partial charge in [0.15, 0.2) is 6.61 Å². The molecule has 0 atom stereocenters. The summed E-state index contributed by atoms with van der Waals surface area (Å²) in [6.45, 7) is -0.467. The molecule has 1 aromatic carbocycles. The maximum atomic E-state index is 11.6. The van der Waals surface area contributed by atoms with Gasteiger partial charge in [-0.1, -0.05) is 6.07 Å². The van der Waals surface area contributed by atoms with E-state index in [1.165, 1.54) is 6.07 Å². The van der Waals surface area contributed by atoms with E-state index < -0.39 is 22.4 Å². The van der Waals surface area contributed by atoms with Gasteiger partial charge in [0.2, 0.25) is 5.91 Å². The first-order valence-corrected chi connectivity index (χ1v) is 8.24. The van der Waals surface area contributed by atoms with Crippen LogP contribution >= 0.6 is 0 Å². The number of amides is 1. The molecule has 0 heterocycles. The third-order valence-corrected chi connectivity index (χ3v) is 3.43. The fourth-order valence-electron chi connectivity index (χ4n) is 1.53. The fourth-order valence-corrected chi connectivity index (χ4v) is 2.20. The van der Waals surface area contributed by atoms with Crippen LogP contribution < -0.4 is 10.1 Å². The number of carbonyl (C=O) groups excluding carboxylic acids is 1. The third-order valence-electron chi connectivity index (χ3n) is 2.40. The van der Waals surface area contributed by atoms with Crippen molar-refractivity contribution in [1.82, 2.24) is 0 Å². The summed E-state index contributed by atoms with van der Waals surface area (Å²) in [5.74, 6) is -1.12. The molecule has 2 N–H and O–H groups in total. The summed E-state index contributed by atoms with van der Waals surface area (Å²) in [6, 6.07) is 6.31. The monoisotopic (exact) mass is 315 g/mol. The summed E-state index contributed by atoms with van der Waals surface area (Å²) in [4.78, 5) is 22.0. The molecule has 0 saturated carbocycles. The van der Waals surface area contributed by atoms with E-state index in [0.29, 0.717) is 11.4 Å². The van der Waals surface area contributed by atoms with Crippen LogP contribution in [0, 0.1) is 0 Å². The lowest BCUT2D eigenvalue weighted by atomic mass is 10.2.